The number of hydrogen-bond acceptors (Lipinski definition) is 5. The van der Waals surface area contributed by atoms with Crippen molar-refractivity contribution >= 4 is 21.4 Å². The Hall–Kier alpha value is -1.31. The summed E-state index contributed by atoms with van der Waals surface area (Å²) in [5.41, 5.74) is 1.88. The van der Waals surface area contributed by atoms with Gasteiger partial charge in [0.25, 0.3) is 0 Å². The Balaban J connectivity index is 1.87. The first kappa shape index (κ1) is 16.5. The zero-order chi connectivity index (χ0) is 16.6. The molecule has 5 nitrogen and oxygen atoms in total. The van der Waals surface area contributed by atoms with Gasteiger partial charge in [-0.1, -0.05) is 17.7 Å². The lowest BCUT2D eigenvalue weighted by atomic mass is 10.0. The van der Waals surface area contributed by atoms with E-state index < -0.39 is 10.0 Å². The summed E-state index contributed by atoms with van der Waals surface area (Å²) < 4.78 is 27.6. The summed E-state index contributed by atoms with van der Waals surface area (Å²) in [6.45, 7) is 6.82. The van der Waals surface area contributed by atoms with Gasteiger partial charge in [-0.3, -0.25) is 0 Å². The van der Waals surface area contributed by atoms with Crippen LogP contribution in [0.25, 0.3) is 0 Å². The molecule has 0 N–H and O–H groups in total. The quantitative estimate of drug-likeness (QED) is 0.853. The van der Waals surface area contributed by atoms with Gasteiger partial charge < -0.3 is 0 Å². The SMILES string of the molecule is Cc1ccc(S(=O)(=O)N2CCC[C@H](c3nnc(C)s3)C2)c(C)c1. The third kappa shape index (κ3) is 3.32. The molecule has 0 amide bonds. The maximum absolute atomic E-state index is 13.0. The Morgan fingerprint density at radius 2 is 2.00 bits per heavy atom. The van der Waals surface area contributed by atoms with Crippen LogP contribution >= 0.6 is 11.3 Å². The van der Waals surface area contributed by atoms with Crippen LogP contribution in [0.3, 0.4) is 0 Å². The van der Waals surface area contributed by atoms with Crippen molar-refractivity contribution in [1.29, 1.82) is 0 Å². The van der Waals surface area contributed by atoms with Crippen LogP contribution in [0.1, 0.15) is 39.9 Å². The van der Waals surface area contributed by atoms with Gasteiger partial charge in [-0.05, 0) is 45.2 Å². The number of sulfonamides is 1. The number of nitrogens with zero attached hydrogens (tertiary/aromatic N) is 3. The van der Waals surface area contributed by atoms with Crippen LogP contribution in [0, 0.1) is 20.8 Å². The molecule has 1 aromatic carbocycles. The summed E-state index contributed by atoms with van der Waals surface area (Å²) in [5.74, 6) is 0.149. The molecule has 1 saturated heterocycles. The fourth-order valence-corrected chi connectivity index (χ4v) is 5.62. The van der Waals surface area contributed by atoms with Gasteiger partial charge in [-0.2, -0.15) is 4.31 Å². The van der Waals surface area contributed by atoms with Crippen LogP contribution in [0.2, 0.25) is 0 Å². The molecular weight excluding hydrogens is 330 g/mol. The second-order valence-corrected chi connectivity index (χ2v) is 9.25. The second-order valence-electron chi connectivity index (χ2n) is 6.13. The van der Waals surface area contributed by atoms with E-state index in [-0.39, 0.29) is 5.92 Å². The van der Waals surface area contributed by atoms with E-state index in [2.05, 4.69) is 10.2 Å². The summed E-state index contributed by atoms with van der Waals surface area (Å²) in [5, 5.41) is 10.1. The highest BCUT2D eigenvalue weighted by molar-refractivity contribution is 7.89. The normalized spacial score (nSPS) is 19.9. The fraction of sp³-hybridized carbons (Fsp3) is 0.500. The number of rotatable bonds is 3. The van der Waals surface area contributed by atoms with Crippen molar-refractivity contribution in [1.82, 2.24) is 14.5 Å². The maximum atomic E-state index is 13.0. The number of piperidine rings is 1. The molecule has 1 atom stereocenters. The second kappa shape index (κ2) is 6.30. The zero-order valence-corrected chi connectivity index (χ0v) is 15.2. The lowest BCUT2D eigenvalue weighted by molar-refractivity contribution is 0.314. The van der Waals surface area contributed by atoms with E-state index in [1.165, 1.54) is 0 Å². The molecule has 1 aliphatic rings. The van der Waals surface area contributed by atoms with Crippen LogP contribution in [0.4, 0.5) is 0 Å². The third-order valence-electron chi connectivity index (χ3n) is 4.22. The molecule has 2 heterocycles. The van der Waals surface area contributed by atoms with Crippen molar-refractivity contribution in [3.05, 3.63) is 39.3 Å². The third-order valence-corrected chi connectivity index (χ3v) is 7.25. The molecular formula is C16H21N3O2S2. The Morgan fingerprint density at radius 1 is 1.22 bits per heavy atom. The zero-order valence-electron chi connectivity index (χ0n) is 13.6. The molecule has 0 unspecified atom stereocenters. The molecule has 2 aromatic rings. The van der Waals surface area contributed by atoms with Crippen molar-refractivity contribution in [2.75, 3.05) is 13.1 Å². The highest BCUT2D eigenvalue weighted by Crippen LogP contribution is 2.32. The van der Waals surface area contributed by atoms with E-state index in [9.17, 15) is 8.42 Å². The smallest absolute Gasteiger partial charge is 0.207 e. The van der Waals surface area contributed by atoms with Crippen molar-refractivity contribution < 1.29 is 8.42 Å². The molecule has 0 bridgehead atoms. The molecule has 1 aromatic heterocycles. The predicted octanol–water partition coefficient (Wildman–Crippen LogP) is 3.03. The fourth-order valence-electron chi connectivity index (χ4n) is 3.07. The summed E-state index contributed by atoms with van der Waals surface area (Å²) in [4.78, 5) is 0.414. The molecule has 0 radical (unpaired) electrons. The van der Waals surface area contributed by atoms with Gasteiger partial charge in [0, 0.05) is 19.0 Å². The Morgan fingerprint density at radius 3 is 2.65 bits per heavy atom. The number of benzene rings is 1. The Labute approximate surface area is 141 Å². The Kier molecular flexibility index (Phi) is 4.53. The first-order valence-electron chi connectivity index (χ1n) is 7.75. The minimum Gasteiger partial charge on any atom is -0.207 e. The maximum Gasteiger partial charge on any atom is 0.243 e. The lowest BCUT2D eigenvalue weighted by Crippen LogP contribution is -2.39. The first-order valence-corrected chi connectivity index (χ1v) is 10.0. The largest absolute Gasteiger partial charge is 0.243 e. The van der Waals surface area contributed by atoms with Crippen molar-refractivity contribution in [3.63, 3.8) is 0 Å². The molecule has 7 heteroatoms. The van der Waals surface area contributed by atoms with Gasteiger partial charge in [0.05, 0.1) is 4.90 Å². The van der Waals surface area contributed by atoms with Gasteiger partial charge in [-0.25, -0.2) is 8.42 Å². The van der Waals surface area contributed by atoms with Gasteiger partial charge >= 0.3 is 0 Å². The van der Waals surface area contributed by atoms with Gasteiger partial charge in [0.1, 0.15) is 10.0 Å². The van der Waals surface area contributed by atoms with Gasteiger partial charge in [0.15, 0.2) is 0 Å². The highest BCUT2D eigenvalue weighted by atomic mass is 32.2. The monoisotopic (exact) mass is 351 g/mol. The summed E-state index contributed by atoms with van der Waals surface area (Å²) in [6, 6.07) is 5.50. The van der Waals surface area contributed by atoms with E-state index >= 15 is 0 Å². The number of aryl methyl sites for hydroxylation is 3. The molecule has 124 valence electrons. The average Bonchev–Trinajstić information content (AvgIpc) is 2.93. The highest BCUT2D eigenvalue weighted by Gasteiger charge is 2.33. The van der Waals surface area contributed by atoms with Crippen LogP contribution in [-0.2, 0) is 10.0 Å². The first-order chi connectivity index (χ1) is 10.9. The summed E-state index contributed by atoms with van der Waals surface area (Å²) in [7, 11) is -3.45. The molecule has 23 heavy (non-hydrogen) atoms. The molecule has 1 aliphatic heterocycles. The molecule has 1 fully saturated rings. The topological polar surface area (TPSA) is 63.2 Å². The summed E-state index contributed by atoms with van der Waals surface area (Å²) >= 11 is 1.56. The van der Waals surface area contributed by atoms with Crippen LogP contribution in [0.5, 0.6) is 0 Å². The molecule has 0 saturated carbocycles. The van der Waals surface area contributed by atoms with Crippen LogP contribution < -0.4 is 0 Å². The minimum absolute atomic E-state index is 0.149. The Bertz CT molecular complexity index is 814. The molecule has 0 spiro atoms. The van der Waals surface area contributed by atoms with E-state index in [0.29, 0.717) is 18.0 Å². The average molecular weight is 351 g/mol. The van der Waals surface area contributed by atoms with Gasteiger partial charge in [0.2, 0.25) is 10.0 Å². The molecule has 3 rings (SSSR count). The van der Waals surface area contributed by atoms with E-state index in [4.69, 9.17) is 0 Å². The standard InChI is InChI=1S/C16H21N3O2S2/c1-11-6-7-15(12(2)9-11)23(20,21)19-8-4-5-14(10-19)16-18-17-13(3)22-16/h6-7,9,14H,4-5,8,10H2,1-3H3/t14-/m0/s1. The number of hydrogen-bond donors (Lipinski definition) is 0. The van der Waals surface area contributed by atoms with Gasteiger partial charge in [-0.15, -0.1) is 21.5 Å². The van der Waals surface area contributed by atoms with E-state index in [1.54, 1.807) is 21.7 Å². The van der Waals surface area contributed by atoms with Crippen molar-refractivity contribution in [2.24, 2.45) is 0 Å². The lowest BCUT2D eigenvalue weighted by Gasteiger charge is -2.31. The summed E-state index contributed by atoms with van der Waals surface area (Å²) in [6.07, 6.45) is 1.82. The van der Waals surface area contributed by atoms with E-state index in [1.807, 2.05) is 32.9 Å². The van der Waals surface area contributed by atoms with Crippen molar-refractivity contribution in [2.45, 2.75) is 44.4 Å². The predicted molar refractivity (Wildman–Crippen MR) is 91.3 cm³/mol. The van der Waals surface area contributed by atoms with Crippen LogP contribution in [-0.4, -0.2) is 36.0 Å². The van der Waals surface area contributed by atoms with Crippen LogP contribution in [0.15, 0.2) is 23.1 Å². The number of aromatic nitrogens is 2. The minimum atomic E-state index is -3.45. The van der Waals surface area contributed by atoms with Crippen molar-refractivity contribution in [3.8, 4) is 0 Å². The van der Waals surface area contributed by atoms with E-state index in [0.717, 1.165) is 34.0 Å². The molecule has 0 aliphatic carbocycles.